The molecule has 4 atom stereocenters. The maximum atomic E-state index is 11.5. The molecule has 2 fully saturated rings. The Hall–Kier alpha value is -1.35. The van der Waals surface area contributed by atoms with Gasteiger partial charge in [0.25, 0.3) is 0 Å². The fourth-order valence-electron chi connectivity index (χ4n) is 5.70. The minimum absolute atomic E-state index is 0.0851. The predicted octanol–water partition coefficient (Wildman–Crippen LogP) is 7.08. The van der Waals surface area contributed by atoms with E-state index in [0.717, 1.165) is 30.2 Å². The van der Waals surface area contributed by atoms with Crippen LogP contribution >= 0.6 is 15.9 Å². The van der Waals surface area contributed by atoms with E-state index in [1.807, 2.05) is 30.3 Å². The molecule has 4 unspecified atom stereocenters. The summed E-state index contributed by atoms with van der Waals surface area (Å²) >= 11 is 3.59. The number of fused-ring (bicyclic) bond motifs is 1. The smallest absolute Gasteiger partial charge is 0.331 e. The Balaban J connectivity index is 1.65. The lowest BCUT2D eigenvalue weighted by molar-refractivity contribution is -0.133. The van der Waals surface area contributed by atoms with Gasteiger partial charge in [-0.15, -0.1) is 0 Å². The molecule has 1 aromatic rings. The third-order valence-electron chi connectivity index (χ3n) is 7.24. The quantitative estimate of drug-likeness (QED) is 0.469. The number of carboxylic acids is 1. The first kappa shape index (κ1) is 20.4. The molecule has 0 radical (unpaired) electrons. The summed E-state index contributed by atoms with van der Waals surface area (Å²) in [6.45, 7) is 6.37. The molecule has 2 aliphatic carbocycles. The van der Waals surface area contributed by atoms with E-state index in [9.17, 15) is 9.90 Å². The Morgan fingerprint density at radius 3 is 2.78 bits per heavy atom. The second kappa shape index (κ2) is 8.77. The van der Waals surface area contributed by atoms with Gasteiger partial charge in [0.15, 0.2) is 0 Å². The molecular formula is C24H31BrO2. The monoisotopic (exact) mass is 430 g/mol. The van der Waals surface area contributed by atoms with Crippen LogP contribution in [0.5, 0.6) is 0 Å². The normalized spacial score (nSPS) is 30.1. The highest BCUT2D eigenvalue weighted by Crippen LogP contribution is 2.58. The second-order valence-corrected chi connectivity index (χ2v) is 9.05. The van der Waals surface area contributed by atoms with Gasteiger partial charge in [-0.05, 0) is 72.7 Å². The highest BCUT2D eigenvalue weighted by molar-refractivity contribution is 9.11. The van der Waals surface area contributed by atoms with Crippen LogP contribution in [0.1, 0.15) is 69.8 Å². The van der Waals surface area contributed by atoms with Gasteiger partial charge in [0.05, 0.1) is 0 Å². The average Bonchev–Trinajstić information content (AvgIpc) is 3.01. The zero-order chi connectivity index (χ0) is 19.4. The van der Waals surface area contributed by atoms with Crippen molar-refractivity contribution in [3.63, 3.8) is 0 Å². The molecule has 0 aromatic heterocycles. The zero-order valence-corrected chi connectivity index (χ0v) is 17.9. The summed E-state index contributed by atoms with van der Waals surface area (Å²) < 4.78 is 0. The number of allylic oxidation sites excluding steroid dienone is 1. The number of benzene rings is 1. The number of halogens is 1. The van der Waals surface area contributed by atoms with E-state index in [0.29, 0.717) is 11.0 Å². The van der Waals surface area contributed by atoms with Gasteiger partial charge in [0.2, 0.25) is 0 Å². The van der Waals surface area contributed by atoms with Crippen LogP contribution in [0.3, 0.4) is 0 Å². The van der Waals surface area contributed by atoms with Crippen LogP contribution in [0.15, 0.2) is 53.0 Å². The van der Waals surface area contributed by atoms with Crippen molar-refractivity contribution < 1.29 is 9.90 Å². The van der Waals surface area contributed by atoms with E-state index < -0.39 is 5.97 Å². The van der Waals surface area contributed by atoms with Crippen molar-refractivity contribution in [3.8, 4) is 0 Å². The highest BCUT2D eigenvalue weighted by atomic mass is 79.9. The first-order valence-corrected chi connectivity index (χ1v) is 11.1. The molecule has 27 heavy (non-hydrogen) atoms. The molecule has 0 saturated heterocycles. The zero-order valence-electron chi connectivity index (χ0n) is 16.3. The summed E-state index contributed by atoms with van der Waals surface area (Å²) in [4.78, 5) is 13.7. The Morgan fingerprint density at radius 1 is 1.37 bits per heavy atom. The van der Waals surface area contributed by atoms with Crippen LogP contribution in [-0.4, -0.2) is 11.1 Å². The van der Waals surface area contributed by atoms with Gasteiger partial charge in [-0.2, -0.15) is 0 Å². The van der Waals surface area contributed by atoms with Gasteiger partial charge in [-0.3, -0.25) is 0 Å². The van der Waals surface area contributed by atoms with E-state index in [1.165, 1.54) is 38.5 Å². The van der Waals surface area contributed by atoms with Gasteiger partial charge in [0, 0.05) is 11.5 Å². The lowest BCUT2D eigenvalue weighted by Crippen LogP contribution is -2.33. The van der Waals surface area contributed by atoms with Crippen LogP contribution in [0, 0.1) is 17.3 Å². The summed E-state index contributed by atoms with van der Waals surface area (Å²) in [5.74, 6) is 0.517. The van der Waals surface area contributed by atoms with Crippen molar-refractivity contribution in [1.29, 1.82) is 0 Å². The molecule has 0 heterocycles. The molecule has 3 heteroatoms. The largest absolute Gasteiger partial charge is 0.478 e. The molecule has 1 N–H and O–H groups in total. The number of hydrogen-bond acceptors (Lipinski definition) is 1. The van der Waals surface area contributed by atoms with Crippen molar-refractivity contribution in [2.45, 2.75) is 64.2 Å². The minimum Gasteiger partial charge on any atom is -0.478 e. The Kier molecular flexibility index (Phi) is 6.62. The topological polar surface area (TPSA) is 37.3 Å². The SMILES string of the molecule is C=C(C(=O)O)C(CCCC1CCC2/C(=C/Br)CCCC12C)c1ccccc1. The van der Waals surface area contributed by atoms with Crippen LogP contribution in [-0.2, 0) is 4.79 Å². The molecule has 0 aliphatic heterocycles. The maximum absolute atomic E-state index is 11.5. The maximum Gasteiger partial charge on any atom is 0.331 e. The molecule has 0 spiro atoms. The second-order valence-electron chi connectivity index (χ2n) is 8.59. The first-order valence-electron chi connectivity index (χ1n) is 10.2. The third-order valence-corrected chi connectivity index (χ3v) is 7.83. The van der Waals surface area contributed by atoms with Gasteiger partial charge >= 0.3 is 5.97 Å². The van der Waals surface area contributed by atoms with Gasteiger partial charge in [-0.25, -0.2) is 4.79 Å². The summed E-state index contributed by atoms with van der Waals surface area (Å²) in [6, 6.07) is 9.99. The first-order chi connectivity index (χ1) is 13.0. The molecule has 2 saturated carbocycles. The molecular weight excluding hydrogens is 400 g/mol. The predicted molar refractivity (Wildman–Crippen MR) is 115 cm³/mol. The van der Waals surface area contributed by atoms with Crippen molar-refractivity contribution >= 4 is 21.9 Å². The minimum atomic E-state index is -0.879. The number of aliphatic carboxylic acids is 1. The summed E-state index contributed by atoms with van der Waals surface area (Å²) in [7, 11) is 0. The fraction of sp³-hybridized carbons (Fsp3) is 0.542. The van der Waals surface area contributed by atoms with Crippen LogP contribution in [0.2, 0.25) is 0 Å². The molecule has 2 nitrogen and oxygen atoms in total. The van der Waals surface area contributed by atoms with E-state index in [4.69, 9.17) is 0 Å². The van der Waals surface area contributed by atoms with E-state index in [2.05, 4.69) is 34.4 Å². The van der Waals surface area contributed by atoms with Gasteiger partial charge < -0.3 is 5.11 Å². The lowest BCUT2D eigenvalue weighted by Gasteiger charge is -2.42. The summed E-state index contributed by atoms with van der Waals surface area (Å²) in [5, 5.41) is 9.47. The molecule has 3 rings (SSSR count). The fourth-order valence-corrected chi connectivity index (χ4v) is 6.24. The van der Waals surface area contributed by atoms with E-state index in [-0.39, 0.29) is 5.92 Å². The van der Waals surface area contributed by atoms with Gasteiger partial charge in [0.1, 0.15) is 0 Å². The third kappa shape index (κ3) is 4.23. The van der Waals surface area contributed by atoms with E-state index in [1.54, 1.807) is 5.57 Å². The molecule has 146 valence electrons. The summed E-state index contributed by atoms with van der Waals surface area (Å²) in [5.41, 5.74) is 3.42. The van der Waals surface area contributed by atoms with Crippen LogP contribution in [0.25, 0.3) is 0 Å². The van der Waals surface area contributed by atoms with Crippen molar-refractivity contribution in [2.75, 3.05) is 0 Å². The molecule has 0 amide bonds. The number of carboxylic acid groups (broad SMARTS) is 1. The standard InChI is InChI=1S/C24H31BrO2/c1-17(23(26)27)21(18-8-4-3-5-9-18)12-6-11-20-13-14-22-19(16-25)10-7-15-24(20,22)2/h3-5,8-9,16,20-22H,1,6-7,10-15H2,2H3,(H,26,27)/b19-16+. The van der Waals surface area contributed by atoms with Gasteiger partial charge in [-0.1, -0.05) is 71.8 Å². The van der Waals surface area contributed by atoms with Crippen molar-refractivity contribution in [1.82, 2.24) is 0 Å². The Labute approximate surface area is 171 Å². The van der Waals surface area contributed by atoms with Crippen LogP contribution in [0.4, 0.5) is 0 Å². The molecule has 1 aromatic carbocycles. The van der Waals surface area contributed by atoms with E-state index >= 15 is 0 Å². The number of hydrogen-bond donors (Lipinski definition) is 1. The van der Waals surface area contributed by atoms with Crippen molar-refractivity contribution in [3.05, 3.63) is 58.6 Å². The highest BCUT2D eigenvalue weighted by Gasteiger charge is 2.48. The van der Waals surface area contributed by atoms with Crippen LogP contribution < -0.4 is 0 Å². The Bertz CT molecular complexity index is 708. The average molecular weight is 431 g/mol. The molecule has 0 bridgehead atoms. The Morgan fingerprint density at radius 2 is 2.11 bits per heavy atom. The number of rotatable bonds is 7. The summed E-state index contributed by atoms with van der Waals surface area (Å²) in [6.07, 6.45) is 9.61. The lowest BCUT2D eigenvalue weighted by atomic mass is 9.63. The van der Waals surface area contributed by atoms with Crippen molar-refractivity contribution in [2.24, 2.45) is 17.3 Å². The molecule has 2 aliphatic rings. The number of carbonyl (C=O) groups is 1.